The molecular formula is C18H31N3. The highest BCUT2D eigenvalue weighted by molar-refractivity contribution is 5.15. The van der Waals surface area contributed by atoms with Crippen LogP contribution in [0.3, 0.4) is 0 Å². The third kappa shape index (κ3) is 3.83. The largest absolute Gasteiger partial charge is 0.311 e. The van der Waals surface area contributed by atoms with Gasteiger partial charge in [0.25, 0.3) is 0 Å². The molecular weight excluding hydrogens is 258 g/mol. The van der Waals surface area contributed by atoms with Crippen LogP contribution >= 0.6 is 0 Å². The first-order chi connectivity index (χ1) is 9.80. The SMILES string of the molecule is CC(C)C1CNC(C(C)(C)C)CN1C(C)c1ccncc1. The van der Waals surface area contributed by atoms with Gasteiger partial charge >= 0.3 is 0 Å². The standard InChI is InChI=1S/C18H31N3/c1-13(2)16-11-20-17(18(4,5)6)12-21(16)14(3)15-7-9-19-10-8-15/h7-10,13-14,16-17,20H,11-12H2,1-6H3. The summed E-state index contributed by atoms with van der Waals surface area (Å²) in [5.41, 5.74) is 1.66. The van der Waals surface area contributed by atoms with Gasteiger partial charge in [-0.3, -0.25) is 9.88 Å². The van der Waals surface area contributed by atoms with Gasteiger partial charge in [0.2, 0.25) is 0 Å². The van der Waals surface area contributed by atoms with E-state index < -0.39 is 0 Å². The summed E-state index contributed by atoms with van der Waals surface area (Å²) in [5, 5.41) is 3.77. The molecule has 0 amide bonds. The summed E-state index contributed by atoms with van der Waals surface area (Å²) >= 11 is 0. The van der Waals surface area contributed by atoms with Gasteiger partial charge in [0, 0.05) is 43.6 Å². The molecule has 0 radical (unpaired) electrons. The van der Waals surface area contributed by atoms with E-state index in [1.807, 2.05) is 12.4 Å². The lowest BCUT2D eigenvalue weighted by atomic mass is 9.83. The van der Waals surface area contributed by atoms with Crippen molar-refractivity contribution < 1.29 is 0 Å². The van der Waals surface area contributed by atoms with E-state index in [-0.39, 0.29) is 5.41 Å². The molecule has 2 heterocycles. The first kappa shape index (κ1) is 16.4. The summed E-state index contributed by atoms with van der Waals surface area (Å²) in [6.45, 7) is 16.2. The monoisotopic (exact) mass is 289 g/mol. The summed E-state index contributed by atoms with van der Waals surface area (Å²) < 4.78 is 0. The number of hydrogen-bond acceptors (Lipinski definition) is 3. The molecule has 3 heteroatoms. The second-order valence-corrected chi connectivity index (χ2v) is 7.79. The van der Waals surface area contributed by atoms with Crippen LogP contribution in [-0.2, 0) is 0 Å². The maximum Gasteiger partial charge on any atom is 0.0325 e. The topological polar surface area (TPSA) is 28.2 Å². The second kappa shape index (κ2) is 6.45. The van der Waals surface area contributed by atoms with E-state index in [0.29, 0.717) is 24.0 Å². The van der Waals surface area contributed by atoms with Crippen molar-refractivity contribution in [3.63, 3.8) is 0 Å². The summed E-state index contributed by atoms with van der Waals surface area (Å²) in [4.78, 5) is 6.84. The highest BCUT2D eigenvalue weighted by atomic mass is 15.3. The van der Waals surface area contributed by atoms with Crippen molar-refractivity contribution >= 4 is 0 Å². The summed E-state index contributed by atoms with van der Waals surface area (Å²) in [6.07, 6.45) is 3.80. The van der Waals surface area contributed by atoms with Gasteiger partial charge < -0.3 is 5.32 Å². The molecule has 1 aromatic rings. The molecule has 3 atom stereocenters. The van der Waals surface area contributed by atoms with E-state index in [4.69, 9.17) is 0 Å². The number of rotatable bonds is 3. The molecule has 1 fully saturated rings. The lowest BCUT2D eigenvalue weighted by molar-refractivity contribution is 0.0339. The number of aromatic nitrogens is 1. The van der Waals surface area contributed by atoms with Crippen molar-refractivity contribution in [1.29, 1.82) is 0 Å². The van der Waals surface area contributed by atoms with E-state index in [1.54, 1.807) is 0 Å². The van der Waals surface area contributed by atoms with Crippen LogP contribution in [0.15, 0.2) is 24.5 Å². The predicted molar refractivity (Wildman–Crippen MR) is 89.2 cm³/mol. The molecule has 21 heavy (non-hydrogen) atoms. The maximum atomic E-state index is 4.15. The van der Waals surface area contributed by atoms with Crippen molar-refractivity contribution in [3.8, 4) is 0 Å². The second-order valence-electron chi connectivity index (χ2n) is 7.79. The Kier molecular flexibility index (Phi) is 5.05. The van der Waals surface area contributed by atoms with Gasteiger partial charge in [-0.15, -0.1) is 0 Å². The van der Waals surface area contributed by atoms with Crippen molar-refractivity contribution in [1.82, 2.24) is 15.2 Å². The minimum atomic E-state index is 0.290. The molecule has 0 bridgehead atoms. The van der Waals surface area contributed by atoms with Gasteiger partial charge in [0.15, 0.2) is 0 Å². The molecule has 1 N–H and O–H groups in total. The van der Waals surface area contributed by atoms with Crippen LogP contribution in [-0.4, -0.2) is 35.1 Å². The Morgan fingerprint density at radius 2 is 1.81 bits per heavy atom. The van der Waals surface area contributed by atoms with Crippen LogP contribution in [0.2, 0.25) is 0 Å². The molecule has 1 saturated heterocycles. The van der Waals surface area contributed by atoms with Crippen LogP contribution in [0, 0.1) is 11.3 Å². The fourth-order valence-electron chi connectivity index (χ4n) is 3.27. The van der Waals surface area contributed by atoms with E-state index >= 15 is 0 Å². The average molecular weight is 289 g/mol. The van der Waals surface area contributed by atoms with Crippen LogP contribution in [0.5, 0.6) is 0 Å². The van der Waals surface area contributed by atoms with Gasteiger partial charge in [0.05, 0.1) is 0 Å². The zero-order chi connectivity index (χ0) is 15.6. The molecule has 0 saturated carbocycles. The molecule has 0 aliphatic carbocycles. The first-order valence-electron chi connectivity index (χ1n) is 8.19. The quantitative estimate of drug-likeness (QED) is 0.923. The van der Waals surface area contributed by atoms with Gasteiger partial charge in [0.1, 0.15) is 0 Å². The Hall–Kier alpha value is -0.930. The minimum Gasteiger partial charge on any atom is -0.311 e. The molecule has 0 aromatic carbocycles. The number of hydrogen-bond donors (Lipinski definition) is 1. The molecule has 118 valence electrons. The Morgan fingerprint density at radius 3 is 2.33 bits per heavy atom. The average Bonchev–Trinajstić information content (AvgIpc) is 2.45. The first-order valence-corrected chi connectivity index (χ1v) is 8.19. The van der Waals surface area contributed by atoms with E-state index in [1.165, 1.54) is 5.56 Å². The van der Waals surface area contributed by atoms with Crippen molar-refractivity contribution in [2.75, 3.05) is 13.1 Å². The highest BCUT2D eigenvalue weighted by Gasteiger charge is 2.37. The third-order valence-corrected chi connectivity index (χ3v) is 4.89. The summed E-state index contributed by atoms with van der Waals surface area (Å²) in [5.74, 6) is 0.655. The van der Waals surface area contributed by atoms with Crippen LogP contribution in [0.4, 0.5) is 0 Å². The Balaban J connectivity index is 2.22. The predicted octanol–water partition coefficient (Wildman–Crippen LogP) is 3.49. The number of nitrogens with one attached hydrogen (secondary N) is 1. The fourth-order valence-corrected chi connectivity index (χ4v) is 3.27. The van der Waals surface area contributed by atoms with E-state index in [9.17, 15) is 0 Å². The van der Waals surface area contributed by atoms with Crippen LogP contribution < -0.4 is 5.32 Å². The van der Waals surface area contributed by atoms with Gasteiger partial charge in [-0.2, -0.15) is 0 Å². The summed E-state index contributed by atoms with van der Waals surface area (Å²) in [6, 6.07) is 5.86. The van der Waals surface area contributed by atoms with Crippen molar-refractivity contribution in [3.05, 3.63) is 30.1 Å². The molecule has 1 aromatic heterocycles. The molecule has 3 unspecified atom stereocenters. The lowest BCUT2D eigenvalue weighted by Crippen LogP contribution is -2.61. The zero-order valence-corrected chi connectivity index (χ0v) is 14.4. The Bertz CT molecular complexity index is 436. The van der Waals surface area contributed by atoms with E-state index in [0.717, 1.165) is 13.1 Å². The van der Waals surface area contributed by atoms with Crippen LogP contribution in [0.1, 0.15) is 53.1 Å². The number of piperazine rings is 1. The number of pyridine rings is 1. The molecule has 0 spiro atoms. The smallest absolute Gasteiger partial charge is 0.0325 e. The summed E-state index contributed by atoms with van der Waals surface area (Å²) in [7, 11) is 0. The van der Waals surface area contributed by atoms with Crippen LogP contribution in [0.25, 0.3) is 0 Å². The van der Waals surface area contributed by atoms with Crippen molar-refractivity contribution in [2.45, 2.75) is 59.7 Å². The minimum absolute atomic E-state index is 0.290. The van der Waals surface area contributed by atoms with Gasteiger partial charge in [-0.05, 0) is 36.0 Å². The van der Waals surface area contributed by atoms with Gasteiger partial charge in [-0.25, -0.2) is 0 Å². The maximum absolute atomic E-state index is 4.15. The lowest BCUT2D eigenvalue weighted by Gasteiger charge is -2.49. The highest BCUT2D eigenvalue weighted by Crippen LogP contribution is 2.31. The fraction of sp³-hybridized carbons (Fsp3) is 0.722. The van der Waals surface area contributed by atoms with E-state index in [2.05, 4.69) is 68.9 Å². The third-order valence-electron chi connectivity index (χ3n) is 4.89. The number of nitrogens with zero attached hydrogens (tertiary/aromatic N) is 2. The molecule has 1 aliphatic heterocycles. The van der Waals surface area contributed by atoms with Crippen molar-refractivity contribution in [2.24, 2.45) is 11.3 Å². The Morgan fingerprint density at radius 1 is 1.19 bits per heavy atom. The van der Waals surface area contributed by atoms with Gasteiger partial charge in [-0.1, -0.05) is 34.6 Å². The zero-order valence-electron chi connectivity index (χ0n) is 14.4. The Labute approximate surface area is 130 Å². The normalized spacial score (nSPS) is 26.0. The molecule has 3 nitrogen and oxygen atoms in total. The molecule has 1 aliphatic rings. The molecule has 2 rings (SSSR count).